The number of carbonyl (C=O) groups excluding carboxylic acids is 2. The Hall–Kier alpha value is -1.62. The Labute approximate surface area is 133 Å². The maximum absolute atomic E-state index is 13.1. The van der Waals surface area contributed by atoms with Crippen molar-refractivity contribution in [1.82, 2.24) is 10.2 Å². The van der Waals surface area contributed by atoms with Crippen molar-refractivity contribution < 1.29 is 14.0 Å². The van der Waals surface area contributed by atoms with Gasteiger partial charge in [-0.3, -0.25) is 9.59 Å². The molecule has 1 N–H and O–H groups in total. The summed E-state index contributed by atoms with van der Waals surface area (Å²) in [6.07, 6.45) is 2.65. The SMILES string of the molecule is O=C(NCc1ccc(F)c(Cl)c1)[C@H]1CC(=O)N(CC2CC2)C1. The van der Waals surface area contributed by atoms with Crippen LogP contribution < -0.4 is 5.32 Å². The molecule has 1 saturated heterocycles. The van der Waals surface area contributed by atoms with Crippen LogP contribution in [0.1, 0.15) is 24.8 Å². The number of nitrogens with zero attached hydrogens (tertiary/aromatic N) is 1. The van der Waals surface area contributed by atoms with Crippen LogP contribution in [0.2, 0.25) is 5.02 Å². The first-order valence-electron chi connectivity index (χ1n) is 7.52. The molecule has 0 unspecified atom stereocenters. The zero-order chi connectivity index (χ0) is 15.7. The molecule has 3 rings (SSSR count). The van der Waals surface area contributed by atoms with E-state index in [0.29, 0.717) is 12.5 Å². The van der Waals surface area contributed by atoms with E-state index in [-0.39, 0.29) is 35.7 Å². The average Bonchev–Trinajstić information content (AvgIpc) is 3.23. The van der Waals surface area contributed by atoms with Gasteiger partial charge in [0.25, 0.3) is 0 Å². The predicted molar refractivity (Wildman–Crippen MR) is 80.7 cm³/mol. The van der Waals surface area contributed by atoms with Crippen molar-refractivity contribution in [3.8, 4) is 0 Å². The van der Waals surface area contributed by atoms with Crippen LogP contribution >= 0.6 is 11.6 Å². The molecule has 1 aliphatic heterocycles. The van der Waals surface area contributed by atoms with Crippen LogP contribution in [0, 0.1) is 17.7 Å². The highest BCUT2D eigenvalue weighted by molar-refractivity contribution is 6.30. The fraction of sp³-hybridized carbons (Fsp3) is 0.500. The second kappa shape index (κ2) is 6.24. The fourth-order valence-corrected chi connectivity index (χ4v) is 2.92. The van der Waals surface area contributed by atoms with Crippen LogP contribution in [0.15, 0.2) is 18.2 Å². The lowest BCUT2D eigenvalue weighted by Gasteiger charge is -2.16. The molecule has 2 aliphatic rings. The second-order valence-electron chi connectivity index (χ2n) is 6.11. The topological polar surface area (TPSA) is 49.4 Å². The standard InChI is InChI=1S/C16H18ClFN2O2/c17-13-5-11(3-4-14(13)18)7-19-16(22)12-6-15(21)20(9-12)8-10-1-2-10/h3-5,10,12H,1-2,6-9H2,(H,19,22)/t12-/m0/s1. The maximum atomic E-state index is 13.1. The van der Waals surface area contributed by atoms with Gasteiger partial charge in [0.05, 0.1) is 10.9 Å². The van der Waals surface area contributed by atoms with Crippen LogP contribution in [0.25, 0.3) is 0 Å². The Balaban J connectivity index is 1.51. The molecule has 1 aromatic rings. The number of benzene rings is 1. The summed E-state index contributed by atoms with van der Waals surface area (Å²) >= 11 is 5.71. The van der Waals surface area contributed by atoms with Crippen molar-refractivity contribution in [3.63, 3.8) is 0 Å². The fourth-order valence-electron chi connectivity index (χ4n) is 2.72. The maximum Gasteiger partial charge on any atom is 0.225 e. The predicted octanol–water partition coefficient (Wildman–Crippen LogP) is 2.35. The van der Waals surface area contributed by atoms with E-state index in [9.17, 15) is 14.0 Å². The van der Waals surface area contributed by atoms with Gasteiger partial charge in [-0.05, 0) is 36.5 Å². The monoisotopic (exact) mass is 324 g/mol. The van der Waals surface area contributed by atoms with E-state index in [1.165, 1.54) is 25.0 Å². The summed E-state index contributed by atoms with van der Waals surface area (Å²) in [5, 5.41) is 2.84. The van der Waals surface area contributed by atoms with Gasteiger partial charge in [-0.2, -0.15) is 0 Å². The van der Waals surface area contributed by atoms with E-state index in [0.717, 1.165) is 12.1 Å². The summed E-state index contributed by atoms with van der Waals surface area (Å²) in [4.78, 5) is 25.9. The van der Waals surface area contributed by atoms with Crippen LogP contribution in [-0.2, 0) is 16.1 Å². The molecule has 2 fully saturated rings. The summed E-state index contributed by atoms with van der Waals surface area (Å²) in [6, 6.07) is 4.36. The molecular formula is C16H18ClFN2O2. The minimum Gasteiger partial charge on any atom is -0.352 e. The zero-order valence-corrected chi connectivity index (χ0v) is 12.9. The smallest absolute Gasteiger partial charge is 0.225 e. The van der Waals surface area contributed by atoms with Gasteiger partial charge >= 0.3 is 0 Å². The van der Waals surface area contributed by atoms with E-state index in [4.69, 9.17) is 11.6 Å². The number of hydrogen-bond donors (Lipinski definition) is 1. The van der Waals surface area contributed by atoms with Crippen molar-refractivity contribution in [2.24, 2.45) is 11.8 Å². The first-order chi connectivity index (χ1) is 10.5. The quantitative estimate of drug-likeness (QED) is 0.904. The second-order valence-corrected chi connectivity index (χ2v) is 6.52. The first-order valence-corrected chi connectivity index (χ1v) is 7.90. The Morgan fingerprint density at radius 1 is 1.41 bits per heavy atom. The van der Waals surface area contributed by atoms with E-state index in [1.807, 2.05) is 0 Å². The lowest BCUT2D eigenvalue weighted by Crippen LogP contribution is -2.33. The first kappa shape index (κ1) is 15.3. The van der Waals surface area contributed by atoms with E-state index < -0.39 is 5.82 Å². The highest BCUT2D eigenvalue weighted by Crippen LogP contribution is 2.32. The van der Waals surface area contributed by atoms with Crippen molar-refractivity contribution >= 4 is 23.4 Å². The van der Waals surface area contributed by atoms with E-state index in [1.54, 1.807) is 11.0 Å². The largest absolute Gasteiger partial charge is 0.352 e. The van der Waals surface area contributed by atoms with Gasteiger partial charge in [-0.25, -0.2) is 4.39 Å². The molecule has 6 heteroatoms. The number of hydrogen-bond acceptors (Lipinski definition) is 2. The summed E-state index contributed by atoms with van der Waals surface area (Å²) in [6.45, 7) is 1.58. The molecule has 4 nitrogen and oxygen atoms in total. The van der Waals surface area contributed by atoms with E-state index in [2.05, 4.69) is 5.32 Å². The zero-order valence-electron chi connectivity index (χ0n) is 12.1. The number of likely N-dealkylation sites (tertiary alicyclic amines) is 1. The Bertz CT molecular complexity index is 604. The number of amides is 2. The molecule has 22 heavy (non-hydrogen) atoms. The molecule has 1 heterocycles. The van der Waals surface area contributed by atoms with Crippen LogP contribution in [0.3, 0.4) is 0 Å². The molecule has 1 aliphatic carbocycles. The van der Waals surface area contributed by atoms with Crippen molar-refractivity contribution in [3.05, 3.63) is 34.6 Å². The van der Waals surface area contributed by atoms with E-state index >= 15 is 0 Å². The Morgan fingerprint density at radius 3 is 2.86 bits per heavy atom. The van der Waals surface area contributed by atoms with Crippen molar-refractivity contribution in [2.45, 2.75) is 25.8 Å². The van der Waals surface area contributed by atoms with Crippen LogP contribution in [0.5, 0.6) is 0 Å². The minimum atomic E-state index is -0.478. The van der Waals surface area contributed by atoms with Gasteiger partial charge in [0, 0.05) is 26.1 Å². The van der Waals surface area contributed by atoms with Gasteiger partial charge in [-0.15, -0.1) is 0 Å². The molecule has 2 amide bonds. The lowest BCUT2D eigenvalue weighted by atomic mass is 10.1. The van der Waals surface area contributed by atoms with Crippen molar-refractivity contribution in [2.75, 3.05) is 13.1 Å². The lowest BCUT2D eigenvalue weighted by molar-refractivity contribution is -0.129. The third-order valence-electron chi connectivity index (χ3n) is 4.21. The molecule has 1 aromatic carbocycles. The molecule has 0 bridgehead atoms. The van der Waals surface area contributed by atoms with Gasteiger partial charge in [-0.1, -0.05) is 17.7 Å². The van der Waals surface area contributed by atoms with Crippen LogP contribution in [0.4, 0.5) is 4.39 Å². The highest BCUT2D eigenvalue weighted by Gasteiger charge is 2.36. The normalized spacial score (nSPS) is 21.3. The molecule has 0 radical (unpaired) electrons. The van der Waals surface area contributed by atoms with Gasteiger partial charge < -0.3 is 10.2 Å². The number of rotatable bonds is 5. The summed E-state index contributed by atoms with van der Waals surface area (Å²) in [7, 11) is 0. The van der Waals surface area contributed by atoms with Crippen LogP contribution in [-0.4, -0.2) is 29.8 Å². The third-order valence-corrected chi connectivity index (χ3v) is 4.50. The number of carbonyl (C=O) groups is 2. The average molecular weight is 325 g/mol. The molecule has 1 saturated carbocycles. The Kier molecular flexibility index (Phi) is 4.34. The number of nitrogens with one attached hydrogen (secondary N) is 1. The third kappa shape index (κ3) is 3.58. The molecular weight excluding hydrogens is 307 g/mol. The van der Waals surface area contributed by atoms with Gasteiger partial charge in [0.15, 0.2) is 0 Å². The van der Waals surface area contributed by atoms with Gasteiger partial charge in [0.2, 0.25) is 11.8 Å². The highest BCUT2D eigenvalue weighted by atomic mass is 35.5. The molecule has 1 atom stereocenters. The Morgan fingerprint density at radius 2 is 2.18 bits per heavy atom. The summed E-state index contributed by atoms with van der Waals surface area (Å²) < 4.78 is 13.1. The summed E-state index contributed by atoms with van der Waals surface area (Å²) in [5.41, 5.74) is 0.735. The number of halogens is 2. The van der Waals surface area contributed by atoms with Gasteiger partial charge in [0.1, 0.15) is 5.82 Å². The molecule has 118 valence electrons. The van der Waals surface area contributed by atoms with Crippen molar-refractivity contribution in [1.29, 1.82) is 0 Å². The molecule has 0 spiro atoms. The molecule has 0 aromatic heterocycles. The minimum absolute atomic E-state index is 0.0402. The summed E-state index contributed by atoms with van der Waals surface area (Å²) in [5.74, 6) is -0.202.